The molecule has 0 aliphatic rings. The summed E-state index contributed by atoms with van der Waals surface area (Å²) in [5, 5.41) is 2.94. The molecule has 0 aliphatic carbocycles. The number of hydrogen-bond acceptors (Lipinski definition) is 5. The van der Waals surface area contributed by atoms with E-state index in [2.05, 4.69) is 5.32 Å². The van der Waals surface area contributed by atoms with Crippen molar-refractivity contribution in [1.29, 1.82) is 0 Å². The van der Waals surface area contributed by atoms with Crippen LogP contribution in [-0.4, -0.2) is 37.5 Å². The van der Waals surface area contributed by atoms with Crippen molar-refractivity contribution in [2.75, 3.05) is 20.3 Å². The summed E-state index contributed by atoms with van der Waals surface area (Å²) in [5.74, 6) is 0. The molecule has 0 heterocycles. The summed E-state index contributed by atoms with van der Waals surface area (Å²) in [6.07, 6.45) is 1.93. The van der Waals surface area contributed by atoms with Crippen LogP contribution in [0.15, 0.2) is 24.3 Å². The molecular formula is C21H43NO4P+. The Labute approximate surface area is 168 Å². The molecule has 5 nitrogen and oxygen atoms in total. The molecule has 1 atom stereocenters. The summed E-state index contributed by atoms with van der Waals surface area (Å²) < 4.78 is 10.8. The molecule has 0 aliphatic heterocycles. The molecule has 0 amide bonds. The lowest BCUT2D eigenvalue weighted by Crippen LogP contribution is -2.28. The fourth-order valence-corrected chi connectivity index (χ4v) is 3.75. The second kappa shape index (κ2) is 21.5. The summed E-state index contributed by atoms with van der Waals surface area (Å²) in [6, 6.07) is 7.63. The van der Waals surface area contributed by atoms with Crippen LogP contribution in [0.4, 0.5) is 0 Å². The molecule has 160 valence electrons. The second-order valence-electron chi connectivity index (χ2n) is 4.68. The standard InChI is InChI=1S/C15H25NO4P.3C2H6/c1-4-19-21(18,20-5-2)12-14-8-6-13(7-9-14)10-15(11-17)16-3;3*1-2/h6-9,11,15-16,18H,4-5,10,12H2,1-3H3;3*1-2H3/q+1;;;. The van der Waals surface area contributed by atoms with Crippen LogP contribution < -0.4 is 5.32 Å². The lowest BCUT2D eigenvalue weighted by Gasteiger charge is -2.16. The average Bonchev–Trinajstić information content (AvgIpc) is 2.72. The van der Waals surface area contributed by atoms with E-state index in [0.29, 0.717) is 25.8 Å². The van der Waals surface area contributed by atoms with Gasteiger partial charge in [0.15, 0.2) is 6.16 Å². The first kappa shape index (κ1) is 30.9. The fraction of sp³-hybridized carbons (Fsp3) is 0.667. The van der Waals surface area contributed by atoms with Gasteiger partial charge < -0.3 is 10.1 Å². The van der Waals surface area contributed by atoms with Crippen LogP contribution in [0.3, 0.4) is 0 Å². The van der Waals surface area contributed by atoms with Gasteiger partial charge in [-0.2, -0.15) is 13.9 Å². The Kier molecular flexibility index (Phi) is 24.5. The van der Waals surface area contributed by atoms with Crippen molar-refractivity contribution in [3.63, 3.8) is 0 Å². The van der Waals surface area contributed by atoms with Crippen LogP contribution in [0, 0.1) is 0 Å². The van der Waals surface area contributed by atoms with Crippen LogP contribution >= 0.6 is 7.94 Å². The molecule has 1 aromatic rings. The maximum Gasteiger partial charge on any atom is 0.413 e. The molecule has 27 heavy (non-hydrogen) atoms. The van der Waals surface area contributed by atoms with Crippen molar-refractivity contribution in [3.8, 4) is 0 Å². The van der Waals surface area contributed by atoms with Crippen LogP contribution in [0.25, 0.3) is 0 Å². The molecule has 1 rings (SSSR count). The molecule has 1 aromatic carbocycles. The molecule has 0 saturated heterocycles. The second-order valence-corrected chi connectivity index (χ2v) is 6.79. The van der Waals surface area contributed by atoms with Gasteiger partial charge >= 0.3 is 7.94 Å². The highest BCUT2D eigenvalue weighted by molar-refractivity contribution is 7.59. The van der Waals surface area contributed by atoms with Crippen molar-refractivity contribution < 1.29 is 18.7 Å². The molecule has 2 N–H and O–H groups in total. The van der Waals surface area contributed by atoms with Crippen LogP contribution in [-0.2, 0) is 26.4 Å². The van der Waals surface area contributed by atoms with E-state index in [4.69, 9.17) is 9.05 Å². The maximum absolute atomic E-state index is 10.8. The number of benzene rings is 1. The van der Waals surface area contributed by atoms with E-state index in [1.54, 1.807) is 7.05 Å². The fourth-order valence-electron chi connectivity index (χ4n) is 2.02. The Hall–Kier alpha value is -0.840. The highest BCUT2D eigenvalue weighted by Crippen LogP contribution is 2.59. The first-order valence-corrected chi connectivity index (χ1v) is 11.9. The van der Waals surface area contributed by atoms with Crippen LogP contribution in [0.2, 0.25) is 0 Å². The topological polar surface area (TPSA) is 67.8 Å². The zero-order valence-electron chi connectivity index (χ0n) is 18.9. The monoisotopic (exact) mass is 404 g/mol. The number of nitrogens with one attached hydrogen (secondary N) is 1. The SMILES string of the molecule is CC.CC.CC.CCO[P+](O)(Cc1ccc(CC(C=O)NC)cc1)OCC. The average molecular weight is 405 g/mol. The van der Waals surface area contributed by atoms with Gasteiger partial charge in [0.25, 0.3) is 0 Å². The molecule has 0 saturated carbocycles. The molecular weight excluding hydrogens is 361 g/mol. The first-order valence-electron chi connectivity index (χ1n) is 10.2. The Bertz CT molecular complexity index is 421. The highest BCUT2D eigenvalue weighted by atomic mass is 31.2. The van der Waals surface area contributed by atoms with Gasteiger partial charge in [-0.05, 0) is 38.4 Å². The van der Waals surface area contributed by atoms with Crippen LogP contribution in [0.5, 0.6) is 0 Å². The number of carbonyl (C=O) groups is 1. The molecule has 0 spiro atoms. The third kappa shape index (κ3) is 14.8. The maximum atomic E-state index is 10.8. The normalized spacial score (nSPS) is 10.9. The van der Waals surface area contributed by atoms with E-state index in [1.807, 2.05) is 79.7 Å². The Morgan fingerprint density at radius 3 is 1.70 bits per heavy atom. The number of aldehydes is 1. The van der Waals surface area contributed by atoms with E-state index in [0.717, 1.165) is 17.4 Å². The quantitative estimate of drug-likeness (QED) is 0.402. The molecule has 0 radical (unpaired) electrons. The number of hydrogen-bond donors (Lipinski definition) is 2. The zero-order chi connectivity index (χ0) is 21.7. The van der Waals surface area contributed by atoms with Crippen molar-refractivity contribution in [1.82, 2.24) is 5.32 Å². The van der Waals surface area contributed by atoms with Gasteiger partial charge in [0, 0.05) is 0 Å². The minimum absolute atomic E-state index is 0.174. The Morgan fingerprint density at radius 1 is 0.963 bits per heavy atom. The summed E-state index contributed by atoms with van der Waals surface area (Å²) in [5.41, 5.74) is 2.03. The predicted octanol–water partition coefficient (Wildman–Crippen LogP) is 5.42. The molecule has 0 bridgehead atoms. The van der Waals surface area contributed by atoms with Crippen molar-refractivity contribution in [2.24, 2.45) is 0 Å². The van der Waals surface area contributed by atoms with E-state index < -0.39 is 7.94 Å². The van der Waals surface area contributed by atoms with E-state index in [1.165, 1.54) is 0 Å². The molecule has 0 aromatic heterocycles. The van der Waals surface area contributed by atoms with Gasteiger partial charge in [-0.25, -0.2) is 0 Å². The van der Waals surface area contributed by atoms with Gasteiger partial charge in [0.05, 0.1) is 19.3 Å². The van der Waals surface area contributed by atoms with Crippen molar-refractivity contribution in [2.45, 2.75) is 74.0 Å². The van der Waals surface area contributed by atoms with Gasteiger partial charge in [-0.15, -0.1) is 0 Å². The largest absolute Gasteiger partial charge is 0.413 e. The summed E-state index contributed by atoms with van der Waals surface area (Å²) in [7, 11) is -1.05. The third-order valence-corrected chi connectivity index (χ3v) is 5.15. The van der Waals surface area contributed by atoms with E-state index in [-0.39, 0.29) is 6.04 Å². The van der Waals surface area contributed by atoms with Gasteiger partial charge in [0.1, 0.15) is 6.29 Å². The molecule has 6 heteroatoms. The van der Waals surface area contributed by atoms with Gasteiger partial charge in [-0.1, -0.05) is 65.8 Å². The first-order chi connectivity index (χ1) is 13.1. The minimum Gasteiger partial charge on any atom is -0.311 e. The molecule has 0 fully saturated rings. The Balaban J connectivity index is -0.000000869. The van der Waals surface area contributed by atoms with Gasteiger partial charge in [0.2, 0.25) is 0 Å². The summed E-state index contributed by atoms with van der Waals surface area (Å²) >= 11 is 0. The lowest BCUT2D eigenvalue weighted by atomic mass is 10.1. The lowest BCUT2D eigenvalue weighted by molar-refractivity contribution is -0.109. The van der Waals surface area contributed by atoms with E-state index >= 15 is 0 Å². The molecule has 1 unspecified atom stereocenters. The number of carbonyl (C=O) groups excluding carboxylic acids is 1. The minimum atomic E-state index is -2.81. The summed E-state index contributed by atoms with van der Waals surface area (Å²) in [4.78, 5) is 21.2. The zero-order valence-corrected chi connectivity index (χ0v) is 19.8. The number of likely N-dealkylation sites (N-methyl/N-ethyl adjacent to an activating group) is 1. The van der Waals surface area contributed by atoms with E-state index in [9.17, 15) is 9.69 Å². The Morgan fingerprint density at radius 2 is 1.37 bits per heavy atom. The third-order valence-electron chi connectivity index (χ3n) is 3.06. The van der Waals surface area contributed by atoms with Gasteiger partial charge in [-0.3, -0.25) is 0 Å². The number of rotatable bonds is 10. The van der Waals surface area contributed by atoms with Crippen molar-refractivity contribution >= 4 is 14.2 Å². The highest BCUT2D eigenvalue weighted by Gasteiger charge is 2.40. The smallest absolute Gasteiger partial charge is 0.311 e. The predicted molar refractivity (Wildman–Crippen MR) is 119 cm³/mol. The van der Waals surface area contributed by atoms with Crippen molar-refractivity contribution in [3.05, 3.63) is 35.4 Å². The van der Waals surface area contributed by atoms with Crippen LogP contribution in [0.1, 0.15) is 66.5 Å². The summed E-state index contributed by atoms with van der Waals surface area (Å²) in [6.45, 7) is 16.5.